The van der Waals surface area contributed by atoms with Crippen molar-refractivity contribution >= 4 is 0 Å². The fourth-order valence-corrected chi connectivity index (χ4v) is 4.43. The lowest BCUT2D eigenvalue weighted by molar-refractivity contribution is -0.136. The van der Waals surface area contributed by atoms with Crippen molar-refractivity contribution in [2.75, 3.05) is 19.6 Å². The summed E-state index contributed by atoms with van der Waals surface area (Å²) in [4.78, 5) is 0. The molecule has 4 N–H and O–H groups in total. The van der Waals surface area contributed by atoms with Crippen LogP contribution < -0.4 is 11.1 Å². The standard InChI is InChI=1S/C17H26N2O/c1-2-15-11-19-8-7-17(15,20)16(12-18)9-13-5-3-4-6-14(13)10-16/h3-6,15,19-20H,2,7-12,18H2,1H3. The van der Waals surface area contributed by atoms with Gasteiger partial charge in [0, 0.05) is 24.4 Å². The molecule has 1 heterocycles. The van der Waals surface area contributed by atoms with Gasteiger partial charge in [0.2, 0.25) is 0 Å². The number of hydrogen-bond acceptors (Lipinski definition) is 3. The van der Waals surface area contributed by atoms with Crippen molar-refractivity contribution in [3.63, 3.8) is 0 Å². The van der Waals surface area contributed by atoms with E-state index in [1.807, 2.05) is 0 Å². The van der Waals surface area contributed by atoms with Crippen LogP contribution in [0.4, 0.5) is 0 Å². The molecule has 3 nitrogen and oxygen atoms in total. The first-order chi connectivity index (χ1) is 9.65. The molecule has 2 unspecified atom stereocenters. The van der Waals surface area contributed by atoms with Crippen LogP contribution >= 0.6 is 0 Å². The zero-order valence-electron chi connectivity index (χ0n) is 12.4. The van der Waals surface area contributed by atoms with Crippen LogP contribution in [0.3, 0.4) is 0 Å². The van der Waals surface area contributed by atoms with Gasteiger partial charge >= 0.3 is 0 Å². The molecule has 1 aliphatic carbocycles. The molecule has 0 bridgehead atoms. The van der Waals surface area contributed by atoms with Crippen molar-refractivity contribution in [3.8, 4) is 0 Å². The molecule has 0 spiro atoms. The van der Waals surface area contributed by atoms with Gasteiger partial charge in [0.1, 0.15) is 0 Å². The molecule has 1 aromatic rings. The van der Waals surface area contributed by atoms with Gasteiger partial charge in [0.25, 0.3) is 0 Å². The van der Waals surface area contributed by atoms with Gasteiger partial charge in [-0.15, -0.1) is 0 Å². The highest BCUT2D eigenvalue weighted by Crippen LogP contribution is 2.50. The zero-order chi connectivity index (χ0) is 14.2. The summed E-state index contributed by atoms with van der Waals surface area (Å²) in [5, 5.41) is 15.0. The first kappa shape index (κ1) is 14.1. The monoisotopic (exact) mass is 274 g/mol. The summed E-state index contributed by atoms with van der Waals surface area (Å²) in [6.45, 7) is 4.54. The van der Waals surface area contributed by atoms with Gasteiger partial charge in [-0.3, -0.25) is 0 Å². The molecule has 1 aliphatic heterocycles. The molecule has 3 rings (SSSR count). The second kappa shape index (κ2) is 5.14. The fraction of sp³-hybridized carbons (Fsp3) is 0.647. The molecule has 2 atom stereocenters. The molecule has 0 aromatic heterocycles. The van der Waals surface area contributed by atoms with Gasteiger partial charge < -0.3 is 16.2 Å². The molecule has 1 saturated heterocycles. The minimum atomic E-state index is -0.638. The maximum atomic E-state index is 11.5. The predicted octanol–water partition coefficient (Wildman–Crippen LogP) is 1.48. The molecular formula is C17H26N2O. The van der Waals surface area contributed by atoms with E-state index in [-0.39, 0.29) is 5.41 Å². The van der Waals surface area contributed by atoms with Crippen molar-refractivity contribution in [1.29, 1.82) is 0 Å². The first-order valence-electron chi connectivity index (χ1n) is 7.85. The topological polar surface area (TPSA) is 58.3 Å². The van der Waals surface area contributed by atoms with Crippen LogP contribution in [0.1, 0.15) is 30.9 Å². The van der Waals surface area contributed by atoms with Gasteiger partial charge in [0.05, 0.1) is 5.60 Å². The average Bonchev–Trinajstić information content (AvgIpc) is 2.88. The van der Waals surface area contributed by atoms with Crippen LogP contribution in [-0.2, 0) is 12.8 Å². The summed E-state index contributed by atoms with van der Waals surface area (Å²) >= 11 is 0. The lowest BCUT2D eigenvalue weighted by atomic mass is 9.60. The van der Waals surface area contributed by atoms with E-state index < -0.39 is 5.60 Å². The number of hydrogen-bond donors (Lipinski definition) is 3. The second-order valence-corrected chi connectivity index (χ2v) is 6.59. The van der Waals surface area contributed by atoms with Crippen molar-refractivity contribution in [3.05, 3.63) is 35.4 Å². The van der Waals surface area contributed by atoms with E-state index in [0.717, 1.165) is 38.8 Å². The van der Waals surface area contributed by atoms with Crippen molar-refractivity contribution in [2.24, 2.45) is 17.1 Å². The van der Waals surface area contributed by atoms with Crippen LogP contribution in [0.2, 0.25) is 0 Å². The lowest BCUT2D eigenvalue weighted by Gasteiger charge is -2.52. The Balaban J connectivity index is 1.98. The van der Waals surface area contributed by atoms with Crippen LogP contribution in [0.5, 0.6) is 0 Å². The Bertz CT molecular complexity index is 463. The number of piperidine rings is 1. The van der Waals surface area contributed by atoms with Crippen molar-refractivity contribution in [1.82, 2.24) is 5.32 Å². The Morgan fingerprint density at radius 1 is 1.30 bits per heavy atom. The van der Waals surface area contributed by atoms with Crippen LogP contribution in [0.15, 0.2) is 24.3 Å². The summed E-state index contributed by atoms with van der Waals surface area (Å²) < 4.78 is 0. The van der Waals surface area contributed by atoms with E-state index in [1.54, 1.807) is 0 Å². The molecular weight excluding hydrogens is 248 g/mol. The molecule has 1 aromatic carbocycles. The highest BCUT2D eigenvalue weighted by Gasteiger charge is 2.56. The minimum Gasteiger partial charge on any atom is -0.389 e. The zero-order valence-corrected chi connectivity index (χ0v) is 12.4. The van der Waals surface area contributed by atoms with E-state index >= 15 is 0 Å². The molecule has 0 radical (unpaired) electrons. The van der Waals surface area contributed by atoms with Gasteiger partial charge in [-0.05, 0) is 43.4 Å². The Hall–Kier alpha value is -0.900. The molecule has 0 amide bonds. The molecule has 2 aliphatic rings. The third-order valence-electron chi connectivity index (χ3n) is 5.73. The number of nitrogens with two attached hydrogens (primary N) is 1. The highest BCUT2D eigenvalue weighted by atomic mass is 16.3. The molecule has 3 heteroatoms. The van der Waals surface area contributed by atoms with Gasteiger partial charge in [-0.25, -0.2) is 0 Å². The maximum absolute atomic E-state index is 11.5. The summed E-state index contributed by atoms with van der Waals surface area (Å²) in [5.41, 5.74) is 8.13. The van der Waals surface area contributed by atoms with Gasteiger partial charge in [-0.1, -0.05) is 31.2 Å². The fourth-order valence-electron chi connectivity index (χ4n) is 4.43. The normalized spacial score (nSPS) is 32.0. The Kier molecular flexibility index (Phi) is 3.61. The Morgan fingerprint density at radius 3 is 2.50 bits per heavy atom. The van der Waals surface area contributed by atoms with Crippen molar-refractivity contribution < 1.29 is 5.11 Å². The molecule has 0 saturated carbocycles. The Labute approximate surface area is 121 Å². The minimum absolute atomic E-state index is 0.181. The number of nitrogens with one attached hydrogen (secondary N) is 1. The van der Waals surface area contributed by atoms with Crippen molar-refractivity contribution in [2.45, 2.75) is 38.2 Å². The molecule has 1 fully saturated rings. The van der Waals surface area contributed by atoms with Gasteiger partial charge in [-0.2, -0.15) is 0 Å². The second-order valence-electron chi connectivity index (χ2n) is 6.59. The quantitative estimate of drug-likeness (QED) is 0.782. The molecule has 110 valence electrons. The summed E-state index contributed by atoms with van der Waals surface area (Å²) in [6, 6.07) is 8.57. The van der Waals surface area contributed by atoms with E-state index in [4.69, 9.17) is 5.73 Å². The molecule has 20 heavy (non-hydrogen) atoms. The van der Waals surface area contributed by atoms with Crippen LogP contribution in [0, 0.1) is 11.3 Å². The summed E-state index contributed by atoms with van der Waals surface area (Å²) in [5.74, 6) is 0.300. The van der Waals surface area contributed by atoms with E-state index in [1.165, 1.54) is 11.1 Å². The number of benzene rings is 1. The first-order valence-corrected chi connectivity index (χ1v) is 7.85. The van der Waals surface area contributed by atoms with E-state index in [9.17, 15) is 5.11 Å². The predicted molar refractivity (Wildman–Crippen MR) is 81.6 cm³/mol. The lowest BCUT2D eigenvalue weighted by Crippen LogP contribution is -2.63. The van der Waals surface area contributed by atoms with Gasteiger partial charge in [0.15, 0.2) is 0 Å². The third-order valence-corrected chi connectivity index (χ3v) is 5.73. The largest absolute Gasteiger partial charge is 0.389 e. The number of fused-ring (bicyclic) bond motifs is 1. The summed E-state index contributed by atoms with van der Waals surface area (Å²) in [6.07, 6.45) is 3.66. The highest BCUT2D eigenvalue weighted by molar-refractivity contribution is 5.36. The Morgan fingerprint density at radius 2 is 1.95 bits per heavy atom. The van der Waals surface area contributed by atoms with Crippen LogP contribution in [-0.4, -0.2) is 30.3 Å². The number of rotatable bonds is 3. The van der Waals surface area contributed by atoms with Crippen LogP contribution in [0.25, 0.3) is 0 Å². The summed E-state index contributed by atoms with van der Waals surface area (Å²) in [7, 11) is 0. The number of aliphatic hydroxyl groups is 1. The van der Waals surface area contributed by atoms with E-state index in [2.05, 4.69) is 36.5 Å². The van der Waals surface area contributed by atoms with E-state index in [0.29, 0.717) is 12.5 Å². The smallest absolute Gasteiger partial charge is 0.0774 e. The SMILES string of the molecule is CCC1CNCCC1(O)C1(CN)Cc2ccccc2C1. The third kappa shape index (κ3) is 1.92. The maximum Gasteiger partial charge on any atom is 0.0774 e. The average molecular weight is 274 g/mol.